The highest BCUT2D eigenvalue weighted by molar-refractivity contribution is 8.76. The number of carbonyl (C=O) groups excluding carboxylic acids is 15. The third kappa shape index (κ3) is 33.4. The summed E-state index contributed by atoms with van der Waals surface area (Å²) in [6.07, 6.45) is -2.24. The number of primary amides is 2. The number of halogens is 3. The number of likely N-dealkylation sites (N-methyl/N-ethyl adjacent to an activating group) is 2. The molecule has 1 aliphatic heterocycles. The number of carboxylic acids is 2. The molecule has 7 rings (SSSR count). The number of aliphatic carboxylic acids is 2. The number of aryl methyl sites for hydroxylation is 1. The van der Waals surface area contributed by atoms with Crippen LogP contribution in [0.25, 0.3) is 21.8 Å². The molecule has 133 heavy (non-hydrogen) atoms. The molecule has 0 spiro atoms. The molecular formula is C85H118F3N23O20S2. The number of carboxylic acid groups (broad SMARTS) is 2. The van der Waals surface area contributed by atoms with Gasteiger partial charge in [0.15, 0.2) is 5.96 Å². The number of amides is 15. The normalized spacial score (nSPS) is 21.3. The van der Waals surface area contributed by atoms with Gasteiger partial charge in [-0.25, -0.2) is 9.78 Å². The number of hydrogen-bond donors (Lipinski definition) is 22. The third-order valence-corrected chi connectivity index (χ3v) is 24.3. The Kier molecular flexibility index (Phi) is 41.8. The van der Waals surface area contributed by atoms with E-state index in [0.717, 1.165) is 31.4 Å². The minimum absolute atomic E-state index is 0.0137. The van der Waals surface area contributed by atoms with Gasteiger partial charge in [0, 0.05) is 111 Å². The van der Waals surface area contributed by atoms with Gasteiger partial charge in [-0.3, -0.25) is 82.1 Å². The fraction of sp³-hybridized carbons (Fsp3) is 0.494. The number of benzene rings is 3. The zero-order valence-electron chi connectivity index (χ0n) is 74.9. The number of alkyl halides is 3. The highest BCUT2D eigenvalue weighted by Crippen LogP contribution is 2.28. The van der Waals surface area contributed by atoms with Crippen molar-refractivity contribution >= 4 is 150 Å². The maximum Gasteiger partial charge on any atom is 0.490 e. The van der Waals surface area contributed by atoms with Gasteiger partial charge in [-0.2, -0.15) is 13.2 Å². The number of phenolic OH excluding ortho intramolecular Hbond substituents is 1. The van der Waals surface area contributed by atoms with E-state index >= 15 is 28.8 Å². The number of aromatic nitrogens is 4. The van der Waals surface area contributed by atoms with Crippen LogP contribution in [0.3, 0.4) is 0 Å². The molecule has 1 fully saturated rings. The van der Waals surface area contributed by atoms with E-state index in [2.05, 4.69) is 78.8 Å². The zero-order valence-corrected chi connectivity index (χ0v) is 76.5. The zero-order chi connectivity index (χ0) is 99.0. The number of rotatable bonds is 29. The molecule has 0 bridgehead atoms. The second-order valence-corrected chi connectivity index (χ2v) is 35.1. The first-order valence-electron chi connectivity index (χ1n) is 42.5. The predicted octanol–water partition coefficient (Wildman–Crippen LogP) is -1.41. The van der Waals surface area contributed by atoms with Crippen molar-refractivity contribution in [1.82, 2.24) is 93.1 Å². The molecule has 4 heterocycles. The smallest absolute Gasteiger partial charge is 0.490 e. The Hall–Kier alpha value is -13.5. The number of fused-ring (bicyclic) bond motifs is 2. The van der Waals surface area contributed by atoms with Gasteiger partial charge in [0.2, 0.25) is 88.6 Å². The maximum absolute atomic E-state index is 15.5. The standard InChI is InChI=1S/C83H117N23O18S2.C2HF3O2/c1-11-43(5)68(103-72(114)53(84)30-46-23-25-50(107)26-24-46)80(122)100-61-39-125-126-40-62(82(124)106(10)69(70(86)112)44(6)12-2)101-73(115)55(21-17-29-90-83(87)88)94-76(118)58(33-49-36-89-41-92-49)96-71(113)45(7)93-65(109)38-105(9)81(123)60(31-47-35-91-54-20-15-13-18-51(47)54)99-77(119)59(34-66(110)111)97-74(116)56(27-28-64(85)108)95-75(117)57(98-79(121)67(42(3)4)102-78(61)120)32-48-37-104(8)63-22-16-14-19-52(48)63;3-2(4,5)1(6)7/h13-16,18-20,22-26,35-37,41-45,53,55-62,67-69,91,107H,11-12,17,21,27-34,38-40,84H2,1-10H3,(H2,85,108)(H2,86,112)(H,89,92)(H,93,109)(H,94,118)(H,95,117)(H,96,113)(H,97,116)(H,98,121)(H,99,119)(H,100,122)(H,101,115)(H,102,120)(H,103,114)(H,110,111)(H4,87,88,90);(H,6,7). The second kappa shape index (κ2) is 51.3. The molecule has 6 aromatic rings. The van der Waals surface area contributed by atoms with Crippen LogP contribution in [0.4, 0.5) is 13.2 Å². The number of para-hydroxylation sites is 2. The lowest BCUT2D eigenvalue weighted by Crippen LogP contribution is -2.62. The van der Waals surface area contributed by atoms with Gasteiger partial charge in [-0.05, 0) is 91.3 Å². The van der Waals surface area contributed by atoms with Crippen LogP contribution in [0.5, 0.6) is 5.75 Å². The van der Waals surface area contributed by atoms with Crippen LogP contribution < -0.4 is 86.7 Å². The van der Waals surface area contributed by atoms with Gasteiger partial charge in [-0.15, -0.1) is 0 Å². The Labute approximate surface area is 770 Å². The molecule has 1 saturated heterocycles. The number of nitrogens with one attached hydrogen (secondary N) is 15. The van der Waals surface area contributed by atoms with Crippen LogP contribution in [-0.2, 0) is 114 Å². The molecular weight excluding hydrogens is 1780 g/mol. The van der Waals surface area contributed by atoms with Gasteiger partial charge in [0.1, 0.15) is 78.3 Å². The highest BCUT2D eigenvalue weighted by atomic mass is 33.1. The quantitative estimate of drug-likeness (QED) is 0.0111. The Morgan fingerprint density at radius 3 is 1.80 bits per heavy atom. The van der Waals surface area contributed by atoms with Crippen LogP contribution in [-0.4, -0.2) is 275 Å². The first-order valence-corrected chi connectivity index (χ1v) is 45.0. The first kappa shape index (κ1) is 108. The lowest BCUT2D eigenvalue weighted by molar-refractivity contribution is -0.192. The van der Waals surface area contributed by atoms with Crippen molar-refractivity contribution < 1.29 is 110 Å². The van der Waals surface area contributed by atoms with Crippen molar-refractivity contribution in [3.8, 4) is 5.75 Å². The van der Waals surface area contributed by atoms with E-state index in [0.29, 0.717) is 44.9 Å². The number of H-pyrrole nitrogens is 2. The monoisotopic (exact) mass is 1900 g/mol. The minimum Gasteiger partial charge on any atom is -0.508 e. The number of imidazole rings is 1. The SMILES string of the molecule is CCC(C)C(NC(=O)C(N)Cc1ccc(O)cc1)C(=O)NC1CSSCC(C(=O)N(C)C(C(N)=O)C(C)CC)NC(=O)C(CCCNC(=N)N)NC(=O)C(Cc2cnc[nH]2)NC(=O)C(C)NC(=O)CN(C)C(=O)C(Cc2c[nH]c3ccccc23)NC(=O)C(CC(=O)O)NC(=O)C(CCC(N)=O)NC(=O)C(Cc2cn(C)c3ccccc23)NC(=O)C(C(C)C)NC1=O.O=C(O)C(F)(F)F. The summed E-state index contributed by atoms with van der Waals surface area (Å²) in [6.45, 7) is 10.3. The summed E-state index contributed by atoms with van der Waals surface area (Å²) in [4.78, 5) is 253. The van der Waals surface area contributed by atoms with Crippen molar-refractivity contribution in [3.63, 3.8) is 0 Å². The summed E-state index contributed by atoms with van der Waals surface area (Å²) >= 11 is 0. The molecule has 43 nitrogen and oxygen atoms in total. The molecule has 15 unspecified atom stereocenters. The van der Waals surface area contributed by atoms with E-state index in [1.807, 2.05) is 0 Å². The highest BCUT2D eigenvalue weighted by Gasteiger charge is 2.42. The average Bonchev–Trinajstić information content (AvgIpc) is 1.66. The fourth-order valence-electron chi connectivity index (χ4n) is 14.2. The molecule has 3 aromatic heterocycles. The largest absolute Gasteiger partial charge is 0.508 e. The number of guanidine groups is 1. The molecule has 26 N–H and O–H groups in total. The Balaban J connectivity index is 0.00000373. The summed E-state index contributed by atoms with van der Waals surface area (Å²) in [7, 11) is 5.95. The van der Waals surface area contributed by atoms with Crippen molar-refractivity contribution in [2.24, 2.45) is 47.7 Å². The van der Waals surface area contributed by atoms with Crippen LogP contribution >= 0.6 is 21.6 Å². The van der Waals surface area contributed by atoms with Crippen molar-refractivity contribution in [2.45, 2.75) is 204 Å². The summed E-state index contributed by atoms with van der Waals surface area (Å²) in [5.41, 5.74) is 26.7. The lowest BCUT2D eigenvalue weighted by Gasteiger charge is -2.33. The van der Waals surface area contributed by atoms with Crippen molar-refractivity contribution in [3.05, 3.63) is 120 Å². The van der Waals surface area contributed by atoms with E-state index in [1.165, 1.54) is 45.7 Å². The number of aromatic hydroxyl groups is 1. The summed E-state index contributed by atoms with van der Waals surface area (Å²) < 4.78 is 33.5. The van der Waals surface area contributed by atoms with Gasteiger partial charge in [-0.1, -0.05) is 125 Å². The summed E-state index contributed by atoms with van der Waals surface area (Å²) in [6, 6.07) is -1.05. The first-order chi connectivity index (χ1) is 62.6. The van der Waals surface area contributed by atoms with Crippen LogP contribution in [0, 0.1) is 23.2 Å². The number of nitrogens with zero attached hydrogens (tertiary/aromatic N) is 4. The summed E-state index contributed by atoms with van der Waals surface area (Å²) in [5, 5.41) is 67.9. The number of nitrogens with two attached hydrogens (primary N) is 4. The Morgan fingerprint density at radius 2 is 1.21 bits per heavy atom. The molecule has 0 radical (unpaired) electrons. The number of aromatic amines is 2. The molecule has 726 valence electrons. The van der Waals surface area contributed by atoms with Gasteiger partial charge in [0.25, 0.3) is 0 Å². The molecule has 0 aliphatic carbocycles. The average molecular weight is 1900 g/mol. The van der Waals surface area contributed by atoms with Crippen molar-refractivity contribution in [1.29, 1.82) is 5.41 Å². The number of hydrogen-bond acceptors (Lipinski definition) is 23. The van der Waals surface area contributed by atoms with Gasteiger partial charge >= 0.3 is 18.1 Å². The Bertz CT molecular complexity index is 5120. The molecule has 1 aliphatic rings. The Morgan fingerprint density at radius 1 is 0.654 bits per heavy atom. The van der Waals surface area contributed by atoms with E-state index in [-0.39, 0.29) is 62.9 Å². The van der Waals surface area contributed by atoms with E-state index in [9.17, 15) is 71.3 Å². The maximum atomic E-state index is 15.5. The molecule has 0 saturated carbocycles. The fourth-order valence-corrected chi connectivity index (χ4v) is 16.5. The second-order valence-electron chi connectivity index (χ2n) is 32.5. The van der Waals surface area contributed by atoms with E-state index < -0.39 is 246 Å². The lowest BCUT2D eigenvalue weighted by atomic mass is 9.97. The van der Waals surface area contributed by atoms with Crippen LogP contribution in [0.1, 0.15) is 116 Å². The van der Waals surface area contributed by atoms with E-state index in [1.54, 1.807) is 126 Å². The van der Waals surface area contributed by atoms with Crippen LogP contribution in [0.2, 0.25) is 0 Å². The molecule has 3 aromatic carbocycles. The third-order valence-electron chi connectivity index (χ3n) is 21.9. The summed E-state index contributed by atoms with van der Waals surface area (Å²) in [5.74, 6) is -22.8. The van der Waals surface area contributed by atoms with Crippen LogP contribution in [0.15, 0.2) is 97.7 Å². The minimum atomic E-state index is -5.08. The molecule has 48 heteroatoms. The van der Waals surface area contributed by atoms with Gasteiger partial charge in [0.05, 0.1) is 25.3 Å². The van der Waals surface area contributed by atoms with E-state index in [4.69, 9.17) is 38.2 Å². The topological polar surface area (TPSA) is 679 Å². The molecule has 15 atom stereocenters. The van der Waals surface area contributed by atoms with Gasteiger partial charge < -0.3 is 126 Å². The van der Waals surface area contributed by atoms with Crippen molar-refractivity contribution in [2.75, 3.05) is 38.7 Å². The number of phenols is 1. The predicted molar refractivity (Wildman–Crippen MR) is 483 cm³/mol. The molecule has 15 amide bonds. The number of carbonyl (C=O) groups is 17.